The third-order valence-corrected chi connectivity index (χ3v) is 5.53. The summed E-state index contributed by atoms with van der Waals surface area (Å²) < 4.78 is 15.9. The number of carbonyl (C=O) groups excluding carboxylic acids is 1. The first-order valence-corrected chi connectivity index (χ1v) is 10.5. The summed E-state index contributed by atoms with van der Waals surface area (Å²) in [5.74, 6) is -0.766. The van der Waals surface area contributed by atoms with Crippen molar-refractivity contribution in [3.8, 4) is 11.3 Å². The van der Waals surface area contributed by atoms with Crippen molar-refractivity contribution in [3.63, 3.8) is 0 Å². The third kappa shape index (κ3) is 4.06. The van der Waals surface area contributed by atoms with Crippen molar-refractivity contribution < 1.29 is 9.18 Å². The number of carbonyl (C=O) groups is 1. The molecule has 0 atom stereocenters. The van der Waals surface area contributed by atoms with Gasteiger partial charge < -0.3 is 14.9 Å². The predicted octanol–water partition coefficient (Wildman–Crippen LogP) is 4.66. The van der Waals surface area contributed by atoms with Crippen LogP contribution in [0.25, 0.3) is 22.2 Å². The van der Waals surface area contributed by atoms with Crippen LogP contribution >= 0.6 is 0 Å². The summed E-state index contributed by atoms with van der Waals surface area (Å²) in [5.41, 5.74) is 4.02. The van der Waals surface area contributed by atoms with E-state index in [1.165, 1.54) is 12.1 Å². The number of pyridine rings is 2. The lowest BCUT2D eigenvalue weighted by Gasteiger charge is -2.13. The normalized spacial score (nSPS) is 11.3. The number of nitrogens with one attached hydrogen (secondary N) is 2. The van der Waals surface area contributed by atoms with Crippen LogP contribution in [0.1, 0.15) is 47.2 Å². The summed E-state index contributed by atoms with van der Waals surface area (Å²) in [6, 6.07) is 11.9. The SMILES string of the molecule is Cc1cc(C)c(CNC(=O)c2nc(-c3cccc(F)c3)cc3c2ccn3C(C)C)c(=O)[nH]1. The second-order valence-corrected chi connectivity index (χ2v) is 8.24. The Bertz CT molecular complexity index is 1380. The van der Waals surface area contributed by atoms with E-state index < -0.39 is 5.91 Å². The standard InChI is InChI=1S/C25H25FN4O2/c1-14(2)30-9-8-19-22(30)12-21(17-6-5-7-18(26)11-17)29-23(19)25(32)27-13-20-15(3)10-16(4)28-24(20)31/h5-12,14H,13H2,1-4H3,(H,27,32)(H,28,31). The molecule has 0 bridgehead atoms. The Labute approximate surface area is 185 Å². The largest absolute Gasteiger partial charge is 0.346 e. The van der Waals surface area contributed by atoms with Crippen LogP contribution in [0.15, 0.2) is 53.5 Å². The quantitative estimate of drug-likeness (QED) is 0.481. The van der Waals surface area contributed by atoms with E-state index >= 15 is 0 Å². The molecule has 0 saturated heterocycles. The Hall–Kier alpha value is -3.74. The van der Waals surface area contributed by atoms with E-state index in [2.05, 4.69) is 15.3 Å². The van der Waals surface area contributed by atoms with Gasteiger partial charge in [-0.2, -0.15) is 0 Å². The Morgan fingerprint density at radius 2 is 1.97 bits per heavy atom. The van der Waals surface area contributed by atoms with Crippen molar-refractivity contribution in [1.29, 1.82) is 0 Å². The van der Waals surface area contributed by atoms with Gasteiger partial charge in [-0.15, -0.1) is 0 Å². The minimum absolute atomic E-state index is 0.0819. The molecule has 164 valence electrons. The number of nitrogens with zero attached hydrogens (tertiary/aromatic N) is 2. The van der Waals surface area contributed by atoms with Crippen LogP contribution in [-0.2, 0) is 6.54 Å². The summed E-state index contributed by atoms with van der Waals surface area (Å²) in [4.78, 5) is 32.8. The van der Waals surface area contributed by atoms with E-state index in [9.17, 15) is 14.0 Å². The van der Waals surface area contributed by atoms with Crippen LogP contribution in [0.2, 0.25) is 0 Å². The van der Waals surface area contributed by atoms with E-state index in [0.717, 1.165) is 16.8 Å². The van der Waals surface area contributed by atoms with Gasteiger partial charge in [0, 0.05) is 41.0 Å². The van der Waals surface area contributed by atoms with Gasteiger partial charge in [0.2, 0.25) is 0 Å². The summed E-state index contributed by atoms with van der Waals surface area (Å²) in [7, 11) is 0. The molecule has 0 aliphatic heterocycles. The van der Waals surface area contributed by atoms with Gasteiger partial charge in [-0.3, -0.25) is 9.59 Å². The zero-order valence-electron chi connectivity index (χ0n) is 18.5. The van der Waals surface area contributed by atoms with Crippen LogP contribution in [-0.4, -0.2) is 20.4 Å². The fourth-order valence-corrected chi connectivity index (χ4v) is 3.93. The highest BCUT2D eigenvalue weighted by atomic mass is 19.1. The van der Waals surface area contributed by atoms with Crippen LogP contribution in [0.3, 0.4) is 0 Å². The second kappa shape index (κ2) is 8.42. The van der Waals surface area contributed by atoms with Gasteiger partial charge in [0.1, 0.15) is 11.5 Å². The minimum Gasteiger partial charge on any atom is -0.346 e. The first-order chi connectivity index (χ1) is 15.2. The molecule has 0 fully saturated rings. The van der Waals surface area contributed by atoms with Crippen LogP contribution in [0.4, 0.5) is 4.39 Å². The number of halogens is 1. The lowest BCUT2D eigenvalue weighted by Crippen LogP contribution is -2.28. The van der Waals surface area contributed by atoms with Crippen molar-refractivity contribution in [1.82, 2.24) is 19.9 Å². The number of aryl methyl sites for hydroxylation is 2. The molecule has 0 aliphatic carbocycles. The van der Waals surface area contributed by atoms with Crippen molar-refractivity contribution in [2.75, 3.05) is 0 Å². The maximum atomic E-state index is 13.8. The molecule has 4 aromatic rings. The molecular formula is C25H25FN4O2. The molecule has 6 nitrogen and oxygen atoms in total. The van der Waals surface area contributed by atoms with Gasteiger partial charge in [0.05, 0.1) is 11.2 Å². The van der Waals surface area contributed by atoms with Gasteiger partial charge >= 0.3 is 0 Å². The van der Waals surface area contributed by atoms with Crippen molar-refractivity contribution >= 4 is 16.8 Å². The highest BCUT2D eigenvalue weighted by Gasteiger charge is 2.19. The van der Waals surface area contributed by atoms with Crippen molar-refractivity contribution in [2.24, 2.45) is 0 Å². The number of rotatable bonds is 5. The molecule has 1 aromatic carbocycles. The molecule has 0 spiro atoms. The zero-order chi connectivity index (χ0) is 23.0. The van der Waals surface area contributed by atoms with Gasteiger partial charge in [-0.05, 0) is 63.6 Å². The minimum atomic E-state index is -0.394. The summed E-state index contributed by atoms with van der Waals surface area (Å²) in [5, 5.41) is 3.53. The van der Waals surface area contributed by atoms with E-state index in [1.807, 2.05) is 56.7 Å². The molecule has 2 N–H and O–H groups in total. The monoisotopic (exact) mass is 432 g/mol. The van der Waals surface area contributed by atoms with E-state index in [-0.39, 0.29) is 29.7 Å². The van der Waals surface area contributed by atoms with E-state index in [4.69, 9.17) is 0 Å². The number of aromatic nitrogens is 3. The van der Waals surface area contributed by atoms with Crippen molar-refractivity contribution in [2.45, 2.75) is 40.3 Å². The molecular weight excluding hydrogens is 407 g/mol. The fraction of sp³-hybridized carbons (Fsp3) is 0.240. The predicted molar refractivity (Wildman–Crippen MR) is 123 cm³/mol. The molecule has 0 unspecified atom stereocenters. The molecule has 0 saturated carbocycles. The van der Waals surface area contributed by atoms with Crippen LogP contribution in [0, 0.1) is 19.7 Å². The van der Waals surface area contributed by atoms with Crippen LogP contribution < -0.4 is 10.9 Å². The Morgan fingerprint density at radius 3 is 2.66 bits per heavy atom. The van der Waals surface area contributed by atoms with Gasteiger partial charge in [-0.25, -0.2) is 9.37 Å². The third-order valence-electron chi connectivity index (χ3n) is 5.53. The van der Waals surface area contributed by atoms with Gasteiger partial charge in [0.25, 0.3) is 11.5 Å². The fourth-order valence-electron chi connectivity index (χ4n) is 3.93. The second-order valence-electron chi connectivity index (χ2n) is 8.24. The lowest BCUT2D eigenvalue weighted by molar-refractivity contribution is 0.0947. The topological polar surface area (TPSA) is 79.8 Å². The van der Waals surface area contributed by atoms with Gasteiger partial charge in [0.15, 0.2) is 0 Å². The number of hydrogen-bond donors (Lipinski definition) is 2. The molecule has 0 aliphatic rings. The zero-order valence-corrected chi connectivity index (χ0v) is 18.5. The molecule has 4 rings (SSSR count). The summed E-state index contributed by atoms with van der Waals surface area (Å²) in [6.45, 7) is 7.84. The summed E-state index contributed by atoms with van der Waals surface area (Å²) in [6.07, 6.45) is 1.91. The van der Waals surface area contributed by atoms with Crippen molar-refractivity contribution in [3.05, 3.63) is 87.3 Å². The highest BCUT2D eigenvalue weighted by molar-refractivity contribution is 6.05. The van der Waals surface area contributed by atoms with E-state index in [1.54, 1.807) is 12.1 Å². The maximum Gasteiger partial charge on any atom is 0.270 e. The number of hydrogen-bond acceptors (Lipinski definition) is 3. The number of H-pyrrole nitrogens is 1. The first kappa shape index (κ1) is 21.5. The average Bonchev–Trinajstić information content (AvgIpc) is 3.16. The molecule has 0 radical (unpaired) electrons. The number of benzene rings is 1. The Kier molecular flexibility index (Phi) is 5.65. The number of aromatic amines is 1. The lowest BCUT2D eigenvalue weighted by atomic mass is 10.1. The smallest absolute Gasteiger partial charge is 0.270 e. The Morgan fingerprint density at radius 1 is 1.19 bits per heavy atom. The molecule has 32 heavy (non-hydrogen) atoms. The van der Waals surface area contributed by atoms with E-state index in [0.29, 0.717) is 22.2 Å². The van der Waals surface area contributed by atoms with Gasteiger partial charge in [-0.1, -0.05) is 12.1 Å². The van der Waals surface area contributed by atoms with Crippen LogP contribution in [0.5, 0.6) is 0 Å². The summed E-state index contributed by atoms with van der Waals surface area (Å²) >= 11 is 0. The Balaban J connectivity index is 1.77. The average molecular weight is 432 g/mol. The molecule has 3 heterocycles. The molecule has 3 aromatic heterocycles. The molecule has 7 heteroatoms. The number of amides is 1. The molecule has 1 amide bonds. The first-order valence-electron chi connectivity index (χ1n) is 10.5. The number of fused-ring (bicyclic) bond motifs is 1. The highest BCUT2D eigenvalue weighted by Crippen LogP contribution is 2.28. The maximum absolute atomic E-state index is 13.8.